The summed E-state index contributed by atoms with van der Waals surface area (Å²) in [5.41, 5.74) is 0.00237. The van der Waals surface area contributed by atoms with E-state index in [2.05, 4.69) is 10.3 Å². The number of nitrogens with one attached hydrogen (secondary N) is 1. The maximum atomic E-state index is 11.8. The van der Waals surface area contributed by atoms with E-state index in [9.17, 15) is 18.0 Å². The fourth-order valence-corrected chi connectivity index (χ4v) is 3.80. The molecule has 2 amide bonds. The number of hydrogen-bond donors (Lipinski definition) is 2. The Hall–Kier alpha value is -1.68. The molecular weight excluding hydrogens is 318 g/mol. The molecular formula is C11H15N3O5S2. The third-order valence-electron chi connectivity index (χ3n) is 3.02. The van der Waals surface area contributed by atoms with Crippen LogP contribution in [0.15, 0.2) is 5.38 Å². The smallest absolute Gasteiger partial charge is 0.355 e. The number of urea groups is 1. The zero-order valence-electron chi connectivity index (χ0n) is 11.1. The average Bonchev–Trinajstić information content (AvgIpc) is 2.87. The molecule has 2 heterocycles. The van der Waals surface area contributed by atoms with Crippen molar-refractivity contribution in [3.8, 4) is 0 Å². The molecule has 21 heavy (non-hydrogen) atoms. The number of carboxylic acids is 1. The minimum absolute atomic E-state index is 0.00237. The van der Waals surface area contributed by atoms with Gasteiger partial charge in [0.2, 0.25) is 0 Å². The van der Waals surface area contributed by atoms with E-state index in [0.29, 0.717) is 18.0 Å². The molecule has 10 heteroatoms. The maximum absolute atomic E-state index is 11.8. The molecule has 0 aromatic carbocycles. The van der Waals surface area contributed by atoms with Gasteiger partial charge in [-0.1, -0.05) is 0 Å². The van der Waals surface area contributed by atoms with Crippen molar-refractivity contribution in [2.75, 3.05) is 31.1 Å². The van der Waals surface area contributed by atoms with Gasteiger partial charge in [0.1, 0.15) is 0 Å². The second kappa shape index (κ2) is 6.39. The molecule has 1 aromatic rings. The fourth-order valence-electron chi connectivity index (χ4n) is 1.83. The van der Waals surface area contributed by atoms with E-state index in [1.807, 2.05) is 0 Å². The van der Waals surface area contributed by atoms with Crippen molar-refractivity contribution in [1.82, 2.24) is 15.2 Å². The summed E-state index contributed by atoms with van der Waals surface area (Å²) in [4.78, 5) is 27.9. The molecule has 8 nitrogen and oxygen atoms in total. The van der Waals surface area contributed by atoms with Crippen LogP contribution in [0, 0.1) is 0 Å². The van der Waals surface area contributed by atoms with Crippen LogP contribution < -0.4 is 5.32 Å². The van der Waals surface area contributed by atoms with Gasteiger partial charge in [0.25, 0.3) is 0 Å². The molecule has 1 aliphatic rings. The molecule has 1 saturated heterocycles. The molecule has 0 spiro atoms. The van der Waals surface area contributed by atoms with Crippen molar-refractivity contribution in [1.29, 1.82) is 0 Å². The first-order valence-corrected chi connectivity index (χ1v) is 8.98. The number of rotatable bonds is 4. The lowest BCUT2D eigenvalue weighted by molar-refractivity contribution is 0.0691. The lowest BCUT2D eigenvalue weighted by Crippen LogP contribution is -2.48. The van der Waals surface area contributed by atoms with Gasteiger partial charge in [0.05, 0.1) is 16.5 Å². The van der Waals surface area contributed by atoms with Crippen LogP contribution in [0.3, 0.4) is 0 Å². The quantitative estimate of drug-likeness (QED) is 0.790. The van der Waals surface area contributed by atoms with Crippen LogP contribution >= 0.6 is 11.3 Å². The van der Waals surface area contributed by atoms with Crippen LogP contribution in [0.4, 0.5) is 4.79 Å². The average molecular weight is 333 g/mol. The van der Waals surface area contributed by atoms with Crippen LogP contribution in [0.1, 0.15) is 15.5 Å². The van der Waals surface area contributed by atoms with Gasteiger partial charge in [0.15, 0.2) is 15.5 Å². The maximum Gasteiger partial charge on any atom is 0.355 e. The van der Waals surface area contributed by atoms with Crippen molar-refractivity contribution in [2.24, 2.45) is 0 Å². The Bertz CT molecular complexity index is 626. The minimum Gasteiger partial charge on any atom is -0.476 e. The van der Waals surface area contributed by atoms with Gasteiger partial charge < -0.3 is 15.3 Å². The number of aromatic nitrogens is 1. The molecule has 1 aromatic heterocycles. The van der Waals surface area contributed by atoms with Crippen molar-refractivity contribution in [3.05, 3.63) is 16.1 Å². The van der Waals surface area contributed by atoms with Gasteiger partial charge in [-0.3, -0.25) is 0 Å². The number of aromatic carboxylic acids is 1. The molecule has 0 aliphatic carbocycles. The topological polar surface area (TPSA) is 117 Å². The number of sulfone groups is 1. The SMILES string of the molecule is O=C(O)c1csc(CCNC(=O)N2CCS(=O)(=O)CC2)n1. The number of carbonyl (C=O) groups excluding carboxylic acids is 1. The summed E-state index contributed by atoms with van der Waals surface area (Å²) in [7, 11) is -3.00. The first-order valence-electron chi connectivity index (χ1n) is 6.28. The summed E-state index contributed by atoms with van der Waals surface area (Å²) >= 11 is 1.23. The highest BCUT2D eigenvalue weighted by Crippen LogP contribution is 2.10. The number of nitrogens with zero attached hydrogens (tertiary/aromatic N) is 2. The van der Waals surface area contributed by atoms with E-state index in [1.165, 1.54) is 21.6 Å². The largest absolute Gasteiger partial charge is 0.476 e. The molecule has 0 saturated carbocycles. The van der Waals surface area contributed by atoms with Crippen molar-refractivity contribution in [3.63, 3.8) is 0 Å². The van der Waals surface area contributed by atoms with Gasteiger partial charge >= 0.3 is 12.0 Å². The Morgan fingerprint density at radius 2 is 2.05 bits per heavy atom. The van der Waals surface area contributed by atoms with E-state index >= 15 is 0 Å². The van der Waals surface area contributed by atoms with Crippen molar-refractivity contribution < 1.29 is 23.1 Å². The van der Waals surface area contributed by atoms with E-state index in [1.54, 1.807) is 0 Å². The van der Waals surface area contributed by atoms with Gasteiger partial charge in [-0.2, -0.15) is 0 Å². The van der Waals surface area contributed by atoms with Crippen molar-refractivity contribution >= 4 is 33.2 Å². The van der Waals surface area contributed by atoms with Crippen LogP contribution in [0.5, 0.6) is 0 Å². The predicted molar refractivity (Wildman–Crippen MR) is 76.4 cm³/mol. The highest BCUT2D eigenvalue weighted by Gasteiger charge is 2.24. The zero-order chi connectivity index (χ0) is 15.5. The summed E-state index contributed by atoms with van der Waals surface area (Å²) < 4.78 is 22.5. The molecule has 0 atom stereocenters. The summed E-state index contributed by atoms with van der Waals surface area (Å²) in [5, 5.41) is 13.5. The number of hydrogen-bond acceptors (Lipinski definition) is 6. The predicted octanol–water partition coefficient (Wildman–Crippen LogP) is -0.176. The Balaban J connectivity index is 1.75. The summed E-state index contributed by atoms with van der Waals surface area (Å²) in [6.07, 6.45) is 0.440. The highest BCUT2D eigenvalue weighted by molar-refractivity contribution is 7.91. The summed E-state index contributed by atoms with van der Waals surface area (Å²) in [6, 6.07) is -0.306. The molecule has 1 aliphatic heterocycles. The third-order valence-corrected chi connectivity index (χ3v) is 5.54. The molecule has 2 rings (SSSR count). The summed E-state index contributed by atoms with van der Waals surface area (Å²) in [6.45, 7) is 0.734. The van der Waals surface area contributed by atoms with Crippen LogP contribution in [0.2, 0.25) is 0 Å². The second-order valence-electron chi connectivity index (χ2n) is 4.55. The first kappa shape index (κ1) is 15.7. The standard InChI is InChI=1S/C11H15N3O5S2/c15-10(16)8-7-20-9(13-8)1-2-12-11(17)14-3-5-21(18,19)6-4-14/h7H,1-6H2,(H,12,17)(H,15,16). The Labute approximate surface area is 125 Å². The van der Waals surface area contributed by atoms with Crippen LogP contribution in [0.25, 0.3) is 0 Å². The highest BCUT2D eigenvalue weighted by atomic mass is 32.2. The minimum atomic E-state index is -3.00. The molecule has 0 radical (unpaired) electrons. The van der Waals surface area contributed by atoms with E-state index in [-0.39, 0.29) is 36.3 Å². The van der Waals surface area contributed by atoms with Crippen molar-refractivity contribution in [2.45, 2.75) is 6.42 Å². The molecule has 1 fully saturated rings. The Kier molecular flexibility index (Phi) is 4.78. The van der Waals surface area contributed by atoms with E-state index in [0.717, 1.165) is 0 Å². The van der Waals surface area contributed by atoms with Gasteiger partial charge in [0, 0.05) is 31.4 Å². The second-order valence-corrected chi connectivity index (χ2v) is 7.80. The van der Waals surface area contributed by atoms with E-state index in [4.69, 9.17) is 5.11 Å². The fraction of sp³-hybridized carbons (Fsp3) is 0.545. The monoisotopic (exact) mass is 333 g/mol. The lowest BCUT2D eigenvalue weighted by atomic mass is 10.4. The number of thiazole rings is 1. The molecule has 116 valence electrons. The third kappa shape index (κ3) is 4.39. The summed E-state index contributed by atoms with van der Waals surface area (Å²) in [5.74, 6) is -1.08. The van der Waals surface area contributed by atoms with Crippen LogP contribution in [-0.4, -0.2) is 66.5 Å². The number of carboxylic acid groups (broad SMARTS) is 1. The Morgan fingerprint density at radius 3 is 2.62 bits per heavy atom. The molecule has 0 bridgehead atoms. The molecule has 2 N–H and O–H groups in total. The van der Waals surface area contributed by atoms with Gasteiger partial charge in [-0.15, -0.1) is 11.3 Å². The normalized spacial score (nSPS) is 17.4. The number of carbonyl (C=O) groups is 2. The number of amides is 2. The van der Waals surface area contributed by atoms with E-state index < -0.39 is 15.8 Å². The molecule has 0 unspecified atom stereocenters. The Morgan fingerprint density at radius 1 is 1.38 bits per heavy atom. The first-order chi connectivity index (χ1) is 9.87. The lowest BCUT2D eigenvalue weighted by Gasteiger charge is -2.26. The zero-order valence-corrected chi connectivity index (χ0v) is 12.7. The van der Waals surface area contributed by atoms with Gasteiger partial charge in [-0.05, 0) is 0 Å². The van der Waals surface area contributed by atoms with Gasteiger partial charge in [-0.25, -0.2) is 23.0 Å². The van der Waals surface area contributed by atoms with Crippen LogP contribution in [-0.2, 0) is 16.3 Å².